The number of aliphatic carboxylic acids is 1. The van der Waals surface area contributed by atoms with Crippen molar-refractivity contribution in [3.8, 4) is 0 Å². The molecular weight excluding hydrogens is 192 g/mol. The number of carboxylic acid groups (broad SMARTS) is 1. The van der Waals surface area contributed by atoms with E-state index in [1.165, 1.54) is 4.68 Å². The molecule has 0 aliphatic heterocycles. The van der Waals surface area contributed by atoms with Crippen LogP contribution in [-0.2, 0) is 10.3 Å². The lowest BCUT2D eigenvalue weighted by Gasteiger charge is -2.38. The van der Waals surface area contributed by atoms with Gasteiger partial charge >= 0.3 is 5.97 Å². The molecule has 0 aromatic carbocycles. The van der Waals surface area contributed by atoms with Crippen LogP contribution >= 0.6 is 0 Å². The minimum atomic E-state index is -1.03. The molecule has 1 N–H and O–H groups in total. The molecule has 0 fully saturated rings. The van der Waals surface area contributed by atoms with Gasteiger partial charge in [-0.2, -0.15) is 5.10 Å². The topological polar surface area (TPSA) is 55.1 Å². The van der Waals surface area contributed by atoms with Gasteiger partial charge in [0.15, 0.2) is 5.54 Å². The number of rotatable bonds is 2. The van der Waals surface area contributed by atoms with Crippen LogP contribution in [0, 0.1) is 12.3 Å². The lowest BCUT2D eigenvalue weighted by atomic mass is 9.75. The van der Waals surface area contributed by atoms with Crippen LogP contribution in [0.25, 0.3) is 0 Å². The number of aromatic nitrogens is 2. The van der Waals surface area contributed by atoms with Crippen LogP contribution in [0.5, 0.6) is 0 Å². The molecule has 0 saturated heterocycles. The molecule has 1 aromatic rings. The Kier molecular flexibility index (Phi) is 2.63. The lowest BCUT2D eigenvalue weighted by molar-refractivity contribution is -0.153. The SMILES string of the molecule is Cc1cnn(C(C)(C(=O)O)C(C)(C)C)c1. The Hall–Kier alpha value is -1.32. The molecule has 15 heavy (non-hydrogen) atoms. The standard InChI is InChI=1S/C11H18N2O2/c1-8-6-12-13(7-8)11(5,9(14)15)10(2,3)4/h6-7H,1-5H3,(H,14,15). The van der Waals surface area contributed by atoms with Gasteiger partial charge in [-0.25, -0.2) is 4.79 Å². The maximum absolute atomic E-state index is 11.4. The molecule has 1 heterocycles. The molecular formula is C11H18N2O2. The highest BCUT2D eigenvalue weighted by Gasteiger charge is 2.47. The Morgan fingerprint density at radius 1 is 1.40 bits per heavy atom. The Morgan fingerprint density at radius 3 is 2.20 bits per heavy atom. The van der Waals surface area contributed by atoms with E-state index in [0.717, 1.165) is 5.56 Å². The molecule has 0 aliphatic rings. The van der Waals surface area contributed by atoms with E-state index >= 15 is 0 Å². The predicted octanol–water partition coefficient (Wildman–Crippen LogP) is 2.04. The van der Waals surface area contributed by atoms with Crippen LogP contribution < -0.4 is 0 Å². The zero-order chi connectivity index (χ0) is 11.9. The van der Waals surface area contributed by atoms with Crippen molar-refractivity contribution >= 4 is 5.97 Å². The summed E-state index contributed by atoms with van der Waals surface area (Å²) in [5.74, 6) is -0.863. The third kappa shape index (κ3) is 1.76. The molecule has 4 nitrogen and oxygen atoms in total. The van der Waals surface area contributed by atoms with Crippen LogP contribution in [0.2, 0.25) is 0 Å². The van der Waals surface area contributed by atoms with Crippen molar-refractivity contribution in [2.45, 2.75) is 40.2 Å². The summed E-state index contributed by atoms with van der Waals surface area (Å²) in [6.45, 7) is 9.30. The second-order valence-electron chi connectivity index (χ2n) is 5.09. The Labute approximate surface area is 89.9 Å². The summed E-state index contributed by atoms with van der Waals surface area (Å²) in [4.78, 5) is 11.4. The number of hydrogen-bond acceptors (Lipinski definition) is 2. The lowest BCUT2D eigenvalue weighted by Crippen LogP contribution is -2.49. The number of carboxylic acids is 1. The molecule has 1 atom stereocenters. The summed E-state index contributed by atoms with van der Waals surface area (Å²) >= 11 is 0. The molecule has 0 aliphatic carbocycles. The molecule has 0 spiro atoms. The monoisotopic (exact) mass is 210 g/mol. The van der Waals surface area contributed by atoms with E-state index < -0.39 is 16.9 Å². The van der Waals surface area contributed by atoms with Crippen molar-refractivity contribution in [1.82, 2.24) is 9.78 Å². The fourth-order valence-corrected chi connectivity index (χ4v) is 1.42. The van der Waals surface area contributed by atoms with Gasteiger partial charge in [-0.1, -0.05) is 20.8 Å². The van der Waals surface area contributed by atoms with E-state index in [-0.39, 0.29) is 0 Å². The maximum Gasteiger partial charge on any atom is 0.331 e. The first-order valence-corrected chi connectivity index (χ1v) is 4.95. The fourth-order valence-electron chi connectivity index (χ4n) is 1.42. The number of nitrogens with zero attached hydrogens (tertiary/aromatic N) is 2. The van der Waals surface area contributed by atoms with Crippen molar-refractivity contribution in [2.75, 3.05) is 0 Å². The molecule has 0 bridgehead atoms. The highest BCUT2D eigenvalue weighted by molar-refractivity contribution is 5.77. The van der Waals surface area contributed by atoms with Crippen molar-refractivity contribution in [3.05, 3.63) is 18.0 Å². The first kappa shape index (κ1) is 11.8. The van der Waals surface area contributed by atoms with Crippen LogP contribution in [0.1, 0.15) is 33.3 Å². The largest absolute Gasteiger partial charge is 0.479 e. The van der Waals surface area contributed by atoms with Crippen LogP contribution in [0.4, 0.5) is 0 Å². The molecule has 0 amide bonds. The summed E-state index contributed by atoms with van der Waals surface area (Å²) in [6.07, 6.45) is 3.44. The zero-order valence-electron chi connectivity index (χ0n) is 9.90. The Morgan fingerprint density at radius 2 is 1.93 bits per heavy atom. The van der Waals surface area contributed by atoms with Gasteiger partial charge in [0.1, 0.15) is 0 Å². The molecule has 0 radical (unpaired) electrons. The van der Waals surface area contributed by atoms with E-state index in [4.69, 9.17) is 0 Å². The average Bonchev–Trinajstić information content (AvgIpc) is 2.48. The van der Waals surface area contributed by atoms with Gasteiger partial charge in [-0.3, -0.25) is 4.68 Å². The van der Waals surface area contributed by atoms with Gasteiger partial charge in [0.05, 0.1) is 6.20 Å². The van der Waals surface area contributed by atoms with E-state index in [2.05, 4.69) is 5.10 Å². The minimum absolute atomic E-state index is 0.405. The number of aryl methyl sites for hydroxylation is 1. The highest BCUT2D eigenvalue weighted by atomic mass is 16.4. The van der Waals surface area contributed by atoms with Crippen LogP contribution in [-0.4, -0.2) is 20.9 Å². The van der Waals surface area contributed by atoms with Gasteiger partial charge in [0, 0.05) is 6.20 Å². The second-order valence-corrected chi connectivity index (χ2v) is 5.09. The number of carbonyl (C=O) groups is 1. The number of hydrogen-bond donors (Lipinski definition) is 1. The van der Waals surface area contributed by atoms with Gasteiger partial charge in [0.25, 0.3) is 0 Å². The van der Waals surface area contributed by atoms with Gasteiger partial charge in [-0.15, -0.1) is 0 Å². The quantitative estimate of drug-likeness (QED) is 0.812. The van der Waals surface area contributed by atoms with Gasteiger partial charge in [-0.05, 0) is 24.8 Å². The smallest absolute Gasteiger partial charge is 0.331 e. The van der Waals surface area contributed by atoms with Gasteiger partial charge in [0.2, 0.25) is 0 Å². The van der Waals surface area contributed by atoms with E-state index in [1.54, 1.807) is 19.3 Å². The molecule has 1 aromatic heterocycles. The summed E-state index contributed by atoms with van der Waals surface area (Å²) in [7, 11) is 0. The minimum Gasteiger partial charge on any atom is -0.479 e. The van der Waals surface area contributed by atoms with Gasteiger partial charge < -0.3 is 5.11 Å². The predicted molar refractivity (Wildman–Crippen MR) is 57.7 cm³/mol. The third-order valence-electron chi connectivity index (χ3n) is 3.05. The van der Waals surface area contributed by atoms with E-state index in [1.807, 2.05) is 27.7 Å². The molecule has 84 valence electrons. The van der Waals surface area contributed by atoms with E-state index in [0.29, 0.717) is 0 Å². The zero-order valence-corrected chi connectivity index (χ0v) is 9.90. The van der Waals surface area contributed by atoms with Crippen LogP contribution in [0.15, 0.2) is 12.4 Å². The average molecular weight is 210 g/mol. The Balaban J connectivity index is 3.31. The van der Waals surface area contributed by atoms with Crippen molar-refractivity contribution in [3.63, 3.8) is 0 Å². The van der Waals surface area contributed by atoms with Crippen molar-refractivity contribution in [2.24, 2.45) is 5.41 Å². The normalized spacial score (nSPS) is 16.1. The molecule has 0 saturated carbocycles. The summed E-state index contributed by atoms with van der Waals surface area (Å²) in [5.41, 5.74) is -0.467. The fraction of sp³-hybridized carbons (Fsp3) is 0.636. The van der Waals surface area contributed by atoms with Crippen molar-refractivity contribution < 1.29 is 9.90 Å². The van der Waals surface area contributed by atoms with Crippen LogP contribution in [0.3, 0.4) is 0 Å². The second kappa shape index (κ2) is 3.36. The maximum atomic E-state index is 11.4. The third-order valence-corrected chi connectivity index (χ3v) is 3.05. The summed E-state index contributed by atoms with van der Waals surface area (Å²) in [5, 5.41) is 13.5. The molecule has 4 heteroatoms. The molecule has 1 unspecified atom stereocenters. The van der Waals surface area contributed by atoms with E-state index in [9.17, 15) is 9.90 Å². The highest BCUT2D eigenvalue weighted by Crippen LogP contribution is 2.36. The summed E-state index contributed by atoms with van der Waals surface area (Å²) < 4.78 is 1.53. The first-order valence-electron chi connectivity index (χ1n) is 4.95. The summed E-state index contributed by atoms with van der Waals surface area (Å²) in [6, 6.07) is 0. The molecule has 1 rings (SSSR count). The first-order chi connectivity index (χ1) is 6.69. The van der Waals surface area contributed by atoms with Crippen molar-refractivity contribution in [1.29, 1.82) is 0 Å². The Bertz CT molecular complexity index is 376.